The van der Waals surface area contributed by atoms with Crippen LogP contribution >= 0.6 is 24.0 Å². The number of halogens is 1. The van der Waals surface area contributed by atoms with Crippen molar-refractivity contribution in [2.24, 2.45) is 10.9 Å². The van der Waals surface area contributed by atoms with Crippen molar-refractivity contribution < 1.29 is 4.74 Å². The summed E-state index contributed by atoms with van der Waals surface area (Å²) >= 11 is 0. The quantitative estimate of drug-likeness (QED) is 0.393. The third-order valence-electron chi connectivity index (χ3n) is 5.73. The first-order chi connectivity index (χ1) is 12.7. The fourth-order valence-corrected chi connectivity index (χ4v) is 4.03. The summed E-state index contributed by atoms with van der Waals surface area (Å²) in [5.74, 6) is 1.77. The van der Waals surface area contributed by atoms with Gasteiger partial charge in [0.2, 0.25) is 0 Å². The lowest BCUT2D eigenvalue weighted by Crippen LogP contribution is -2.39. The van der Waals surface area contributed by atoms with Crippen molar-refractivity contribution in [2.45, 2.75) is 38.6 Å². The predicted molar refractivity (Wildman–Crippen MR) is 124 cm³/mol. The van der Waals surface area contributed by atoms with Gasteiger partial charge in [-0.3, -0.25) is 4.99 Å². The van der Waals surface area contributed by atoms with E-state index in [9.17, 15) is 0 Å². The Morgan fingerprint density at radius 1 is 1.33 bits per heavy atom. The highest BCUT2D eigenvalue weighted by Gasteiger charge is 2.16. The van der Waals surface area contributed by atoms with E-state index in [0.717, 1.165) is 44.7 Å². The number of nitrogens with zero attached hydrogens (tertiary/aromatic N) is 3. The molecule has 3 rings (SSSR count). The number of anilines is 1. The van der Waals surface area contributed by atoms with Crippen LogP contribution in [0.15, 0.2) is 23.2 Å². The van der Waals surface area contributed by atoms with Gasteiger partial charge in [0.05, 0.1) is 0 Å². The van der Waals surface area contributed by atoms with E-state index in [1.165, 1.54) is 48.9 Å². The summed E-state index contributed by atoms with van der Waals surface area (Å²) in [6.45, 7) is 4.88. The van der Waals surface area contributed by atoms with Gasteiger partial charge in [-0.15, -0.1) is 24.0 Å². The molecule has 2 aliphatic heterocycles. The van der Waals surface area contributed by atoms with Crippen molar-refractivity contribution >= 4 is 35.6 Å². The first-order valence-electron chi connectivity index (χ1n) is 10.00. The molecule has 1 aromatic rings. The molecule has 5 nitrogen and oxygen atoms in total. The maximum absolute atomic E-state index is 5.46. The molecule has 2 heterocycles. The number of hydrogen-bond donors (Lipinski definition) is 1. The van der Waals surface area contributed by atoms with Crippen LogP contribution in [0, 0.1) is 5.92 Å². The van der Waals surface area contributed by atoms with Crippen LogP contribution in [0.5, 0.6) is 0 Å². The Morgan fingerprint density at radius 2 is 2.11 bits per heavy atom. The lowest BCUT2D eigenvalue weighted by molar-refractivity contribution is 0.0625. The zero-order chi connectivity index (χ0) is 18.4. The molecule has 0 spiro atoms. The van der Waals surface area contributed by atoms with Gasteiger partial charge >= 0.3 is 0 Å². The first-order valence-corrected chi connectivity index (χ1v) is 10.00. The van der Waals surface area contributed by atoms with E-state index < -0.39 is 0 Å². The molecular weight excluding hydrogens is 451 g/mol. The molecular formula is C21H35IN4O. The van der Waals surface area contributed by atoms with Crippen molar-refractivity contribution in [1.82, 2.24) is 10.2 Å². The molecule has 1 fully saturated rings. The highest BCUT2D eigenvalue weighted by Crippen LogP contribution is 2.26. The van der Waals surface area contributed by atoms with Gasteiger partial charge in [-0.05, 0) is 55.2 Å². The van der Waals surface area contributed by atoms with E-state index in [1.807, 2.05) is 7.05 Å². The van der Waals surface area contributed by atoms with Crippen molar-refractivity contribution in [2.75, 3.05) is 52.3 Å². The van der Waals surface area contributed by atoms with Crippen LogP contribution in [0.4, 0.5) is 5.69 Å². The highest BCUT2D eigenvalue weighted by molar-refractivity contribution is 14.0. The van der Waals surface area contributed by atoms with Gasteiger partial charge in [-0.1, -0.05) is 12.1 Å². The fraction of sp³-hybridized carbons (Fsp3) is 0.667. The number of aryl methyl sites for hydroxylation is 1. The molecule has 0 atom stereocenters. The van der Waals surface area contributed by atoms with E-state index >= 15 is 0 Å². The van der Waals surface area contributed by atoms with Gasteiger partial charge in [-0.25, -0.2) is 0 Å². The maximum atomic E-state index is 5.46. The molecule has 0 amide bonds. The van der Waals surface area contributed by atoms with Crippen molar-refractivity contribution in [3.63, 3.8) is 0 Å². The molecule has 1 N–H and O–H groups in total. The summed E-state index contributed by atoms with van der Waals surface area (Å²) in [5.41, 5.74) is 4.19. The molecule has 6 heteroatoms. The molecule has 0 aliphatic carbocycles. The molecule has 27 heavy (non-hydrogen) atoms. The average molecular weight is 486 g/mol. The normalized spacial score (nSPS) is 17.9. The van der Waals surface area contributed by atoms with Crippen LogP contribution in [0.2, 0.25) is 0 Å². The second kappa shape index (κ2) is 11.1. The van der Waals surface area contributed by atoms with E-state index in [4.69, 9.17) is 4.74 Å². The molecule has 0 aromatic heterocycles. The van der Waals surface area contributed by atoms with Gasteiger partial charge in [-0.2, -0.15) is 0 Å². The minimum Gasteiger partial charge on any atom is -0.381 e. The van der Waals surface area contributed by atoms with E-state index in [-0.39, 0.29) is 24.0 Å². The Hall–Kier alpha value is -1.02. The average Bonchev–Trinajstić information content (AvgIpc) is 2.68. The topological polar surface area (TPSA) is 40.1 Å². The summed E-state index contributed by atoms with van der Waals surface area (Å²) in [5, 5.41) is 3.53. The Kier molecular flexibility index (Phi) is 9.15. The van der Waals surface area contributed by atoms with Crippen molar-refractivity contribution in [3.05, 3.63) is 29.3 Å². The Balaban J connectivity index is 0.00000261. The fourth-order valence-electron chi connectivity index (χ4n) is 4.03. The van der Waals surface area contributed by atoms with Crippen LogP contribution < -0.4 is 10.2 Å². The summed E-state index contributed by atoms with van der Waals surface area (Å²) in [6.07, 6.45) is 6.04. The minimum atomic E-state index is 0. The molecule has 152 valence electrons. The number of hydrogen-bond acceptors (Lipinski definition) is 3. The van der Waals surface area contributed by atoms with E-state index in [2.05, 4.69) is 52.4 Å². The number of ether oxygens (including phenoxy) is 1. The number of guanidine groups is 1. The van der Waals surface area contributed by atoms with Gasteiger partial charge in [0.15, 0.2) is 5.96 Å². The summed E-state index contributed by atoms with van der Waals surface area (Å²) in [4.78, 5) is 9.08. The molecule has 2 aliphatic rings. The maximum Gasteiger partial charge on any atom is 0.193 e. The molecule has 0 radical (unpaired) electrons. The molecule has 0 saturated carbocycles. The number of fused-ring (bicyclic) bond motifs is 1. The number of benzene rings is 1. The standard InChI is InChI=1S/C21H34N4O.HI/c1-22-21(25(3)12-8-17-9-13-26-14-10-17)23-16-18-6-7-20-19(15-18)5-4-11-24(20)2;/h6-7,15,17H,4-5,8-14,16H2,1-3H3,(H,22,23);1H. The lowest BCUT2D eigenvalue weighted by Gasteiger charge is -2.28. The summed E-state index contributed by atoms with van der Waals surface area (Å²) in [7, 11) is 6.19. The van der Waals surface area contributed by atoms with Crippen LogP contribution in [0.1, 0.15) is 36.8 Å². The number of aliphatic imine (C=N–C) groups is 1. The monoisotopic (exact) mass is 486 g/mol. The third kappa shape index (κ3) is 6.24. The Bertz CT molecular complexity index is 616. The van der Waals surface area contributed by atoms with E-state index in [1.54, 1.807) is 0 Å². The van der Waals surface area contributed by atoms with Gasteiger partial charge in [0.25, 0.3) is 0 Å². The Morgan fingerprint density at radius 3 is 2.85 bits per heavy atom. The summed E-state index contributed by atoms with van der Waals surface area (Å²) < 4.78 is 5.46. The molecule has 1 saturated heterocycles. The highest BCUT2D eigenvalue weighted by atomic mass is 127. The van der Waals surface area contributed by atoms with Gasteiger partial charge < -0.3 is 19.9 Å². The van der Waals surface area contributed by atoms with Crippen molar-refractivity contribution in [1.29, 1.82) is 0 Å². The number of nitrogens with one attached hydrogen (secondary N) is 1. The minimum absolute atomic E-state index is 0. The molecule has 0 unspecified atom stereocenters. The molecule has 1 aromatic carbocycles. The van der Waals surface area contributed by atoms with Crippen LogP contribution in [-0.4, -0.2) is 58.3 Å². The molecule has 0 bridgehead atoms. The van der Waals surface area contributed by atoms with E-state index in [0.29, 0.717) is 0 Å². The van der Waals surface area contributed by atoms with Gasteiger partial charge in [0.1, 0.15) is 0 Å². The number of rotatable bonds is 5. The Labute approximate surface area is 181 Å². The lowest BCUT2D eigenvalue weighted by atomic mass is 9.96. The largest absolute Gasteiger partial charge is 0.381 e. The SMILES string of the molecule is CN=C(NCc1ccc2c(c1)CCCN2C)N(C)CCC1CCOCC1.I. The van der Waals surface area contributed by atoms with Crippen molar-refractivity contribution in [3.8, 4) is 0 Å². The first kappa shape index (κ1) is 22.3. The van der Waals surface area contributed by atoms with Crippen LogP contribution in [0.3, 0.4) is 0 Å². The van der Waals surface area contributed by atoms with Gasteiger partial charge in [0, 0.05) is 59.7 Å². The smallest absolute Gasteiger partial charge is 0.193 e. The van der Waals surface area contributed by atoms with Crippen LogP contribution in [-0.2, 0) is 17.7 Å². The second-order valence-electron chi connectivity index (χ2n) is 7.65. The predicted octanol–water partition coefficient (Wildman–Crippen LogP) is 3.51. The zero-order valence-electron chi connectivity index (χ0n) is 17.0. The van der Waals surface area contributed by atoms with Crippen LogP contribution in [0.25, 0.3) is 0 Å². The zero-order valence-corrected chi connectivity index (χ0v) is 19.4. The third-order valence-corrected chi connectivity index (χ3v) is 5.73. The second-order valence-corrected chi connectivity index (χ2v) is 7.65. The summed E-state index contributed by atoms with van der Waals surface area (Å²) in [6, 6.07) is 6.86.